The van der Waals surface area contributed by atoms with Crippen LogP contribution in [0.2, 0.25) is 0 Å². The SMILES string of the molecule is CC1c2cccc(O)c2C(=O)C2=C(O)C3(O)C(=O)C(C(N)=O)=C(O)C(N(C)C)C3C(CC(=O)CCN3CCOC3)C21. The first-order chi connectivity index (χ1) is 19.3. The number of rotatable bonds is 7. The van der Waals surface area contributed by atoms with Crippen molar-refractivity contribution in [1.29, 1.82) is 0 Å². The summed E-state index contributed by atoms with van der Waals surface area (Å²) in [6.07, 6.45) is -0.0525. The van der Waals surface area contributed by atoms with Crippen molar-refractivity contribution >= 4 is 23.3 Å². The third-order valence-corrected chi connectivity index (χ3v) is 9.18. The Hall–Kier alpha value is -3.58. The number of aliphatic hydroxyl groups excluding tert-OH is 2. The molecular weight excluding hydrogens is 534 g/mol. The number of amides is 1. The van der Waals surface area contributed by atoms with Gasteiger partial charge in [0.1, 0.15) is 28.6 Å². The number of nitrogens with zero attached hydrogens (tertiary/aromatic N) is 2. The molecule has 6 atom stereocenters. The number of carbonyl (C=O) groups excluding carboxylic acids is 4. The van der Waals surface area contributed by atoms with Gasteiger partial charge in [-0.2, -0.15) is 0 Å². The van der Waals surface area contributed by atoms with Crippen LogP contribution < -0.4 is 5.73 Å². The number of hydrogen-bond donors (Lipinski definition) is 5. The zero-order valence-electron chi connectivity index (χ0n) is 23.2. The average Bonchev–Trinajstić information content (AvgIpc) is 3.42. The molecule has 1 amide bonds. The van der Waals surface area contributed by atoms with Gasteiger partial charge in [0.15, 0.2) is 11.4 Å². The summed E-state index contributed by atoms with van der Waals surface area (Å²) >= 11 is 0. The predicted octanol–water partition coefficient (Wildman–Crippen LogP) is 0.547. The summed E-state index contributed by atoms with van der Waals surface area (Å²) in [6, 6.07) is 3.38. The van der Waals surface area contributed by atoms with Gasteiger partial charge in [-0.3, -0.25) is 29.0 Å². The molecule has 220 valence electrons. The highest BCUT2D eigenvalue weighted by Crippen LogP contribution is 2.58. The molecule has 4 aliphatic rings. The van der Waals surface area contributed by atoms with Crippen LogP contribution in [-0.2, 0) is 19.1 Å². The number of fused-ring (bicyclic) bond motifs is 3. The summed E-state index contributed by atoms with van der Waals surface area (Å²) in [7, 11) is 3.11. The number of ketones is 3. The first-order valence-electron chi connectivity index (χ1n) is 13.6. The van der Waals surface area contributed by atoms with Gasteiger partial charge in [-0.05, 0) is 37.6 Å². The van der Waals surface area contributed by atoms with Gasteiger partial charge in [0, 0.05) is 43.3 Å². The fraction of sp³-hybridized carbons (Fsp3) is 0.517. The topological polar surface area (TPSA) is 191 Å². The quantitative estimate of drug-likeness (QED) is 0.288. The number of primary amides is 1. The molecule has 12 nitrogen and oxygen atoms in total. The molecule has 3 aliphatic carbocycles. The number of aromatic hydroxyl groups is 1. The van der Waals surface area contributed by atoms with Crippen LogP contribution in [0.1, 0.15) is 41.6 Å². The van der Waals surface area contributed by atoms with E-state index in [0.29, 0.717) is 32.0 Å². The molecule has 1 heterocycles. The van der Waals surface area contributed by atoms with Crippen molar-refractivity contribution in [3.05, 3.63) is 52.0 Å². The smallest absolute Gasteiger partial charge is 0.255 e. The van der Waals surface area contributed by atoms with E-state index in [4.69, 9.17) is 10.5 Å². The molecular formula is C29H35N3O9. The van der Waals surface area contributed by atoms with Crippen molar-refractivity contribution in [2.75, 3.05) is 40.5 Å². The Morgan fingerprint density at radius 1 is 1.20 bits per heavy atom. The summed E-state index contributed by atoms with van der Waals surface area (Å²) in [4.78, 5) is 57.0. The Bertz CT molecular complexity index is 1390. The van der Waals surface area contributed by atoms with Crippen molar-refractivity contribution < 1.29 is 44.3 Å². The summed E-state index contributed by atoms with van der Waals surface area (Å²) in [5, 5.41) is 45.6. The second-order valence-electron chi connectivity index (χ2n) is 11.6. The maximum Gasteiger partial charge on any atom is 0.255 e. The van der Waals surface area contributed by atoms with E-state index in [9.17, 15) is 39.6 Å². The van der Waals surface area contributed by atoms with Gasteiger partial charge < -0.3 is 30.9 Å². The molecule has 0 saturated carbocycles. The Labute approximate surface area is 236 Å². The fourth-order valence-corrected chi connectivity index (χ4v) is 7.34. The Kier molecular flexibility index (Phi) is 7.31. The van der Waals surface area contributed by atoms with E-state index in [1.807, 2.05) is 4.90 Å². The molecule has 1 fully saturated rings. The normalized spacial score (nSPS) is 31.8. The summed E-state index contributed by atoms with van der Waals surface area (Å²) < 4.78 is 5.34. The highest BCUT2D eigenvalue weighted by atomic mass is 16.5. The van der Waals surface area contributed by atoms with Crippen LogP contribution in [0.5, 0.6) is 5.75 Å². The summed E-state index contributed by atoms with van der Waals surface area (Å²) in [5.74, 6) is -9.26. The van der Waals surface area contributed by atoms with Gasteiger partial charge in [-0.15, -0.1) is 0 Å². The number of ether oxygens (including phenoxy) is 1. The standard InChI is InChI=1S/C29H35N3O9/c1-13-15-5-4-6-17(34)19(15)24(35)20-18(13)16(11-14(33)7-8-32-9-10-41-12-32)22-23(31(2)3)25(36)21(28(30)39)27(38)29(22,40)26(20)37/h4-6,13,16,18,22-23,34,36-37,40H,7-12H2,1-3H3,(H2,30,39). The second-order valence-corrected chi connectivity index (χ2v) is 11.6. The van der Waals surface area contributed by atoms with Gasteiger partial charge in [-0.25, -0.2) is 0 Å². The first kappa shape index (κ1) is 28.9. The molecule has 5 rings (SSSR count). The monoisotopic (exact) mass is 569 g/mol. The molecule has 0 bridgehead atoms. The van der Waals surface area contributed by atoms with Crippen LogP contribution in [0.3, 0.4) is 0 Å². The molecule has 0 aromatic heterocycles. The lowest BCUT2D eigenvalue weighted by atomic mass is 9.51. The van der Waals surface area contributed by atoms with Crippen molar-refractivity contribution in [3.63, 3.8) is 0 Å². The molecule has 0 radical (unpaired) electrons. The number of carbonyl (C=O) groups is 4. The Morgan fingerprint density at radius 2 is 1.90 bits per heavy atom. The zero-order valence-corrected chi connectivity index (χ0v) is 23.2. The minimum Gasteiger partial charge on any atom is -0.510 e. The third-order valence-electron chi connectivity index (χ3n) is 9.18. The highest BCUT2D eigenvalue weighted by molar-refractivity contribution is 6.25. The Morgan fingerprint density at radius 3 is 2.51 bits per heavy atom. The van der Waals surface area contributed by atoms with Crippen molar-refractivity contribution in [3.8, 4) is 5.75 Å². The molecule has 0 spiro atoms. The van der Waals surface area contributed by atoms with E-state index in [-0.39, 0.29) is 35.5 Å². The van der Waals surface area contributed by atoms with Crippen LogP contribution in [0.4, 0.5) is 0 Å². The number of aliphatic hydroxyl groups is 3. The molecule has 12 heteroatoms. The lowest BCUT2D eigenvalue weighted by molar-refractivity contribution is -0.156. The molecule has 1 aromatic carbocycles. The van der Waals surface area contributed by atoms with E-state index < -0.39 is 69.9 Å². The van der Waals surface area contributed by atoms with Crippen LogP contribution >= 0.6 is 0 Å². The third kappa shape index (κ3) is 4.28. The van der Waals surface area contributed by atoms with Gasteiger partial charge in [0.2, 0.25) is 5.78 Å². The number of likely N-dealkylation sites (N-methyl/N-ethyl adjacent to an activating group) is 1. The molecule has 1 saturated heterocycles. The van der Waals surface area contributed by atoms with E-state index in [1.165, 1.54) is 11.0 Å². The largest absolute Gasteiger partial charge is 0.510 e. The van der Waals surface area contributed by atoms with Crippen molar-refractivity contribution in [2.24, 2.45) is 23.5 Å². The molecule has 1 aliphatic heterocycles. The molecule has 41 heavy (non-hydrogen) atoms. The van der Waals surface area contributed by atoms with Gasteiger partial charge in [0.25, 0.3) is 5.91 Å². The predicted molar refractivity (Wildman–Crippen MR) is 144 cm³/mol. The first-order valence-corrected chi connectivity index (χ1v) is 13.6. The van der Waals surface area contributed by atoms with Crippen molar-refractivity contribution in [2.45, 2.75) is 37.3 Å². The van der Waals surface area contributed by atoms with E-state index in [2.05, 4.69) is 0 Å². The summed E-state index contributed by atoms with van der Waals surface area (Å²) in [5.41, 5.74) is 1.84. The van der Waals surface area contributed by atoms with Gasteiger partial charge in [-0.1, -0.05) is 19.1 Å². The molecule has 6 unspecified atom stereocenters. The minimum absolute atomic E-state index is 0.0695. The Balaban J connectivity index is 1.71. The van der Waals surface area contributed by atoms with E-state index in [1.54, 1.807) is 33.2 Å². The van der Waals surface area contributed by atoms with Crippen LogP contribution in [0.15, 0.2) is 40.9 Å². The zero-order chi connectivity index (χ0) is 30.0. The van der Waals surface area contributed by atoms with E-state index >= 15 is 0 Å². The lowest BCUT2D eigenvalue weighted by Crippen LogP contribution is -2.67. The van der Waals surface area contributed by atoms with Crippen molar-refractivity contribution in [1.82, 2.24) is 9.80 Å². The fourth-order valence-electron chi connectivity index (χ4n) is 7.34. The number of hydrogen-bond acceptors (Lipinski definition) is 11. The average molecular weight is 570 g/mol. The van der Waals surface area contributed by atoms with Crippen LogP contribution in [-0.4, -0.2) is 106 Å². The van der Waals surface area contributed by atoms with Gasteiger partial charge in [0.05, 0.1) is 24.9 Å². The minimum atomic E-state index is -2.84. The number of nitrogens with two attached hydrogens (primary N) is 1. The summed E-state index contributed by atoms with van der Waals surface area (Å²) in [6.45, 7) is 3.86. The maximum atomic E-state index is 13.9. The van der Waals surface area contributed by atoms with E-state index in [0.717, 1.165) is 0 Å². The highest BCUT2D eigenvalue weighted by Gasteiger charge is 2.67. The second kappa shape index (κ2) is 10.4. The number of allylic oxidation sites excluding steroid dienone is 1. The number of phenolic OH excluding ortho intramolecular Hbond substituents is 1. The molecule has 1 aromatic rings. The lowest BCUT2D eigenvalue weighted by Gasteiger charge is -2.55. The van der Waals surface area contributed by atoms with Crippen LogP contribution in [0, 0.1) is 17.8 Å². The molecule has 6 N–H and O–H groups in total. The number of Topliss-reactive ketones (excluding diaryl/α,β-unsaturated/α-hetero) is 3. The van der Waals surface area contributed by atoms with Crippen LogP contribution in [0.25, 0.3) is 0 Å². The number of phenols is 1. The number of benzene rings is 1. The maximum absolute atomic E-state index is 13.9. The van der Waals surface area contributed by atoms with Gasteiger partial charge >= 0.3 is 0 Å².